The van der Waals surface area contributed by atoms with Gasteiger partial charge in [0.15, 0.2) is 0 Å². The zero-order chi connectivity index (χ0) is 13.1. The molecule has 0 aromatic heterocycles. The quantitative estimate of drug-likeness (QED) is 0.522. The zero-order valence-electron chi connectivity index (χ0n) is 10.6. The number of nitro groups is 1. The van der Waals surface area contributed by atoms with Crippen LogP contribution in [0.5, 0.6) is 0 Å². The summed E-state index contributed by atoms with van der Waals surface area (Å²) in [5, 5.41) is 10.8. The third-order valence-electron chi connectivity index (χ3n) is 2.60. The van der Waals surface area contributed by atoms with E-state index in [4.69, 9.17) is 4.74 Å². The second kappa shape index (κ2) is 5.33. The highest BCUT2D eigenvalue weighted by atomic mass is 16.6. The molecule has 1 saturated heterocycles. The summed E-state index contributed by atoms with van der Waals surface area (Å²) in [5.41, 5.74) is -0.562. The van der Waals surface area contributed by atoms with Crippen LogP contribution >= 0.6 is 0 Å². The molecule has 1 unspecified atom stereocenters. The van der Waals surface area contributed by atoms with Crippen LogP contribution in [-0.4, -0.2) is 40.6 Å². The van der Waals surface area contributed by atoms with Crippen molar-refractivity contribution < 1.29 is 14.5 Å². The molecule has 1 rings (SSSR count). The van der Waals surface area contributed by atoms with E-state index in [0.29, 0.717) is 13.0 Å². The Morgan fingerprint density at radius 1 is 1.41 bits per heavy atom. The van der Waals surface area contributed by atoms with E-state index in [1.807, 2.05) is 0 Å². The van der Waals surface area contributed by atoms with Crippen LogP contribution in [0.15, 0.2) is 0 Å². The molecule has 1 aliphatic rings. The first-order valence-corrected chi connectivity index (χ1v) is 5.91. The molecule has 0 aliphatic carbocycles. The van der Waals surface area contributed by atoms with Gasteiger partial charge in [-0.1, -0.05) is 0 Å². The zero-order valence-corrected chi connectivity index (χ0v) is 10.6. The Balaban J connectivity index is 2.62. The lowest BCUT2D eigenvalue weighted by molar-refractivity contribution is -0.522. The van der Waals surface area contributed by atoms with Crippen molar-refractivity contribution in [2.24, 2.45) is 0 Å². The minimum atomic E-state index is -0.662. The van der Waals surface area contributed by atoms with Crippen LogP contribution in [0, 0.1) is 10.1 Å². The molecule has 1 fully saturated rings. The predicted octanol–water partition coefficient (Wildman–Crippen LogP) is 2.05. The van der Waals surface area contributed by atoms with Gasteiger partial charge in [0.25, 0.3) is 0 Å². The standard InChI is InChI=1S/C11H20N2O4/c1-11(2,3)17-10(14)12-7-5-4-6-9(8-12)13(15)16/h9H,4-8H2,1-3H3. The van der Waals surface area contributed by atoms with Crippen molar-refractivity contribution in [3.05, 3.63) is 10.1 Å². The first-order chi connectivity index (χ1) is 7.79. The smallest absolute Gasteiger partial charge is 0.410 e. The van der Waals surface area contributed by atoms with Crippen LogP contribution in [0.3, 0.4) is 0 Å². The number of carbonyl (C=O) groups is 1. The largest absolute Gasteiger partial charge is 0.444 e. The number of carbonyl (C=O) groups excluding carboxylic acids is 1. The molecular weight excluding hydrogens is 224 g/mol. The molecule has 1 amide bonds. The summed E-state index contributed by atoms with van der Waals surface area (Å²) in [5.74, 6) is 0. The highest BCUT2D eigenvalue weighted by Gasteiger charge is 2.31. The maximum absolute atomic E-state index is 11.8. The third-order valence-corrected chi connectivity index (χ3v) is 2.60. The molecule has 0 saturated carbocycles. The summed E-state index contributed by atoms with van der Waals surface area (Å²) in [6.07, 6.45) is 1.66. The number of ether oxygens (including phenoxy) is 1. The number of hydrogen-bond acceptors (Lipinski definition) is 4. The lowest BCUT2D eigenvalue weighted by atomic mass is 10.1. The van der Waals surface area contributed by atoms with Crippen LogP contribution in [0.25, 0.3) is 0 Å². The van der Waals surface area contributed by atoms with Crippen molar-refractivity contribution in [1.82, 2.24) is 4.90 Å². The lowest BCUT2D eigenvalue weighted by Crippen LogP contribution is -2.42. The lowest BCUT2D eigenvalue weighted by Gasteiger charge is -2.26. The fourth-order valence-electron chi connectivity index (χ4n) is 1.78. The van der Waals surface area contributed by atoms with Crippen molar-refractivity contribution in [2.75, 3.05) is 13.1 Å². The van der Waals surface area contributed by atoms with Gasteiger partial charge in [-0.15, -0.1) is 0 Å². The first-order valence-electron chi connectivity index (χ1n) is 5.91. The fourth-order valence-corrected chi connectivity index (χ4v) is 1.78. The highest BCUT2D eigenvalue weighted by molar-refractivity contribution is 5.68. The van der Waals surface area contributed by atoms with Crippen LogP contribution in [0.4, 0.5) is 4.79 Å². The maximum atomic E-state index is 11.8. The van der Waals surface area contributed by atoms with E-state index in [9.17, 15) is 14.9 Å². The Bertz CT molecular complexity index is 298. The second-order valence-electron chi connectivity index (χ2n) is 5.36. The van der Waals surface area contributed by atoms with Crippen molar-refractivity contribution >= 4 is 6.09 Å². The van der Waals surface area contributed by atoms with Crippen LogP contribution in [0.1, 0.15) is 40.0 Å². The van der Waals surface area contributed by atoms with Gasteiger partial charge in [0.1, 0.15) is 5.60 Å². The molecule has 0 radical (unpaired) electrons. The second-order valence-corrected chi connectivity index (χ2v) is 5.36. The van der Waals surface area contributed by atoms with Gasteiger partial charge < -0.3 is 9.64 Å². The fraction of sp³-hybridized carbons (Fsp3) is 0.909. The van der Waals surface area contributed by atoms with Crippen LogP contribution in [0.2, 0.25) is 0 Å². The number of likely N-dealkylation sites (tertiary alicyclic amines) is 1. The Morgan fingerprint density at radius 3 is 2.59 bits per heavy atom. The van der Waals surface area contributed by atoms with E-state index in [-0.39, 0.29) is 11.5 Å². The normalized spacial score (nSPS) is 21.8. The monoisotopic (exact) mass is 244 g/mol. The summed E-state index contributed by atoms with van der Waals surface area (Å²) in [7, 11) is 0. The Labute approximate surface area is 101 Å². The molecule has 0 aromatic carbocycles. The average molecular weight is 244 g/mol. The molecule has 0 aromatic rings. The molecule has 1 aliphatic heterocycles. The molecule has 6 heteroatoms. The Kier molecular flexibility index (Phi) is 4.31. The minimum Gasteiger partial charge on any atom is -0.444 e. The van der Waals surface area contributed by atoms with Gasteiger partial charge in [-0.25, -0.2) is 4.79 Å². The van der Waals surface area contributed by atoms with Gasteiger partial charge in [0.2, 0.25) is 6.04 Å². The Hall–Kier alpha value is -1.33. The van der Waals surface area contributed by atoms with Crippen molar-refractivity contribution in [1.29, 1.82) is 0 Å². The minimum absolute atomic E-state index is 0.155. The SMILES string of the molecule is CC(C)(C)OC(=O)N1CCCCC([N+](=O)[O-])C1. The number of nitrogens with zero attached hydrogens (tertiary/aromatic N) is 2. The maximum Gasteiger partial charge on any atom is 0.410 e. The van der Waals surface area contributed by atoms with Gasteiger partial charge in [0, 0.05) is 17.9 Å². The predicted molar refractivity (Wildman–Crippen MR) is 62.4 cm³/mol. The highest BCUT2D eigenvalue weighted by Crippen LogP contribution is 2.16. The van der Waals surface area contributed by atoms with Gasteiger partial charge in [0.05, 0.1) is 6.54 Å². The third kappa shape index (κ3) is 4.58. The number of amides is 1. The summed E-state index contributed by atoms with van der Waals surface area (Å²) in [6, 6.07) is -0.662. The molecule has 1 heterocycles. The molecule has 0 bridgehead atoms. The van der Waals surface area contributed by atoms with Crippen molar-refractivity contribution in [3.8, 4) is 0 Å². The topological polar surface area (TPSA) is 72.7 Å². The van der Waals surface area contributed by atoms with E-state index in [1.165, 1.54) is 4.90 Å². The number of rotatable bonds is 1. The van der Waals surface area contributed by atoms with Gasteiger partial charge in [-0.05, 0) is 33.6 Å². The molecule has 0 N–H and O–H groups in total. The molecule has 1 atom stereocenters. The van der Waals surface area contributed by atoms with Crippen molar-refractivity contribution in [2.45, 2.75) is 51.7 Å². The van der Waals surface area contributed by atoms with E-state index in [2.05, 4.69) is 0 Å². The van der Waals surface area contributed by atoms with Gasteiger partial charge in [-0.3, -0.25) is 10.1 Å². The summed E-state index contributed by atoms with van der Waals surface area (Å²) in [6.45, 7) is 6.05. The van der Waals surface area contributed by atoms with Gasteiger partial charge >= 0.3 is 6.09 Å². The molecule has 17 heavy (non-hydrogen) atoms. The summed E-state index contributed by atoms with van der Waals surface area (Å²) < 4.78 is 5.23. The van der Waals surface area contributed by atoms with Crippen LogP contribution in [-0.2, 0) is 4.74 Å². The molecular formula is C11H20N2O4. The molecule has 98 valence electrons. The van der Waals surface area contributed by atoms with Crippen molar-refractivity contribution in [3.63, 3.8) is 0 Å². The van der Waals surface area contributed by atoms with E-state index in [0.717, 1.165) is 12.8 Å². The first kappa shape index (κ1) is 13.7. The van der Waals surface area contributed by atoms with E-state index < -0.39 is 17.7 Å². The van der Waals surface area contributed by atoms with Crippen LogP contribution < -0.4 is 0 Å². The molecule has 0 spiro atoms. The summed E-state index contributed by atoms with van der Waals surface area (Å²) in [4.78, 5) is 23.8. The Morgan fingerprint density at radius 2 is 2.06 bits per heavy atom. The van der Waals surface area contributed by atoms with E-state index >= 15 is 0 Å². The number of hydrogen-bond donors (Lipinski definition) is 0. The van der Waals surface area contributed by atoms with E-state index in [1.54, 1.807) is 20.8 Å². The molecule has 6 nitrogen and oxygen atoms in total. The van der Waals surface area contributed by atoms with Gasteiger partial charge in [-0.2, -0.15) is 0 Å². The summed E-state index contributed by atoms with van der Waals surface area (Å²) >= 11 is 0. The average Bonchev–Trinajstić information content (AvgIpc) is 2.39.